The molecule has 1 heterocycles. The number of aliphatic hydroxyl groups excluding tert-OH is 3. The predicted molar refractivity (Wildman–Crippen MR) is 68.7 cm³/mol. The first-order valence-electron chi connectivity index (χ1n) is 7.04. The van der Waals surface area contributed by atoms with Crippen molar-refractivity contribution >= 4 is 5.91 Å². The van der Waals surface area contributed by atoms with Crippen LogP contribution in [-0.2, 0) is 14.3 Å². The van der Waals surface area contributed by atoms with E-state index in [2.05, 4.69) is 5.32 Å². The molecule has 0 radical (unpaired) electrons. The van der Waals surface area contributed by atoms with E-state index in [1.165, 1.54) is 7.11 Å². The summed E-state index contributed by atoms with van der Waals surface area (Å²) in [4.78, 5) is 11.9. The highest BCUT2D eigenvalue weighted by atomic mass is 16.7. The molecule has 1 amide bonds. The molecule has 1 aliphatic carbocycles. The summed E-state index contributed by atoms with van der Waals surface area (Å²) < 4.78 is 10.2. The van der Waals surface area contributed by atoms with Crippen LogP contribution in [0.25, 0.3) is 0 Å². The Morgan fingerprint density at radius 1 is 1.20 bits per heavy atom. The van der Waals surface area contributed by atoms with E-state index in [-0.39, 0.29) is 18.4 Å². The average molecular weight is 289 g/mol. The number of rotatable bonds is 4. The number of aliphatic hydroxyl groups is 3. The third-order valence-electron chi connectivity index (χ3n) is 4.10. The number of carbonyl (C=O) groups excluding carboxylic acids is 1. The van der Waals surface area contributed by atoms with Crippen molar-refractivity contribution in [3.8, 4) is 0 Å². The standard InChI is InChI=1S/C13H23NO6/c1-19-13-11(17)10(16)9(15)8(20-13)6-14-12(18)7-4-2-3-5-7/h7-11,13,15-17H,2-6H2,1H3,(H,14,18)/t8?,9-,10-,11?,13+/m0/s1. The van der Waals surface area contributed by atoms with Crippen molar-refractivity contribution in [3.05, 3.63) is 0 Å². The van der Waals surface area contributed by atoms with Gasteiger partial charge in [-0.25, -0.2) is 0 Å². The zero-order valence-corrected chi connectivity index (χ0v) is 11.6. The molecular formula is C13H23NO6. The van der Waals surface area contributed by atoms with Gasteiger partial charge >= 0.3 is 0 Å². The van der Waals surface area contributed by atoms with Crippen molar-refractivity contribution in [2.45, 2.75) is 56.4 Å². The molecule has 2 aliphatic rings. The first-order valence-corrected chi connectivity index (χ1v) is 7.04. The van der Waals surface area contributed by atoms with E-state index in [1.54, 1.807) is 0 Å². The molecule has 0 aromatic carbocycles. The van der Waals surface area contributed by atoms with Gasteiger partial charge in [0.05, 0.1) is 0 Å². The van der Waals surface area contributed by atoms with Crippen LogP contribution in [0, 0.1) is 5.92 Å². The van der Waals surface area contributed by atoms with Gasteiger partial charge in [0, 0.05) is 19.6 Å². The molecular weight excluding hydrogens is 266 g/mol. The van der Waals surface area contributed by atoms with Gasteiger partial charge in [-0.3, -0.25) is 4.79 Å². The molecule has 20 heavy (non-hydrogen) atoms. The number of methoxy groups -OCH3 is 1. The van der Waals surface area contributed by atoms with Gasteiger partial charge in [-0.1, -0.05) is 12.8 Å². The first-order chi connectivity index (χ1) is 9.54. The third kappa shape index (κ3) is 3.29. The average Bonchev–Trinajstić information content (AvgIpc) is 2.98. The van der Waals surface area contributed by atoms with Crippen molar-refractivity contribution in [3.63, 3.8) is 0 Å². The molecule has 2 unspecified atom stereocenters. The summed E-state index contributed by atoms with van der Waals surface area (Å²) >= 11 is 0. The molecule has 1 aliphatic heterocycles. The predicted octanol–water partition coefficient (Wildman–Crippen LogP) is -1.25. The van der Waals surface area contributed by atoms with Gasteiger partial charge in [-0.15, -0.1) is 0 Å². The van der Waals surface area contributed by atoms with Crippen LogP contribution in [-0.4, -0.2) is 65.6 Å². The third-order valence-corrected chi connectivity index (χ3v) is 4.10. The van der Waals surface area contributed by atoms with Crippen molar-refractivity contribution in [1.82, 2.24) is 5.32 Å². The Balaban J connectivity index is 1.86. The molecule has 0 bridgehead atoms. The van der Waals surface area contributed by atoms with Crippen LogP contribution in [0.1, 0.15) is 25.7 Å². The first kappa shape index (κ1) is 15.7. The van der Waals surface area contributed by atoms with Gasteiger partial charge in [0.25, 0.3) is 0 Å². The number of amides is 1. The molecule has 116 valence electrons. The zero-order chi connectivity index (χ0) is 14.7. The molecule has 2 fully saturated rings. The maximum absolute atomic E-state index is 11.9. The second kappa shape index (κ2) is 6.82. The fourth-order valence-corrected chi connectivity index (χ4v) is 2.81. The summed E-state index contributed by atoms with van der Waals surface area (Å²) in [5, 5.41) is 31.9. The van der Waals surface area contributed by atoms with E-state index < -0.39 is 30.7 Å². The molecule has 0 aromatic rings. The highest BCUT2D eigenvalue weighted by Gasteiger charge is 2.44. The van der Waals surface area contributed by atoms with E-state index >= 15 is 0 Å². The number of nitrogens with one attached hydrogen (secondary N) is 1. The molecule has 7 nitrogen and oxygen atoms in total. The summed E-state index contributed by atoms with van der Waals surface area (Å²) in [5.41, 5.74) is 0. The van der Waals surface area contributed by atoms with Crippen LogP contribution in [0.15, 0.2) is 0 Å². The van der Waals surface area contributed by atoms with Crippen LogP contribution >= 0.6 is 0 Å². The molecule has 4 N–H and O–H groups in total. The monoisotopic (exact) mass is 289 g/mol. The summed E-state index contributed by atoms with van der Waals surface area (Å²) in [6.45, 7) is 0.0835. The molecule has 2 rings (SSSR count). The van der Waals surface area contributed by atoms with Crippen molar-refractivity contribution in [1.29, 1.82) is 0 Å². The lowest BCUT2D eigenvalue weighted by Gasteiger charge is -2.39. The maximum atomic E-state index is 11.9. The highest BCUT2D eigenvalue weighted by molar-refractivity contribution is 5.78. The van der Waals surface area contributed by atoms with E-state index in [4.69, 9.17) is 9.47 Å². The fourth-order valence-electron chi connectivity index (χ4n) is 2.81. The van der Waals surface area contributed by atoms with E-state index in [9.17, 15) is 20.1 Å². The van der Waals surface area contributed by atoms with E-state index in [1.807, 2.05) is 0 Å². The Labute approximate surface area is 117 Å². The number of carbonyl (C=O) groups is 1. The van der Waals surface area contributed by atoms with Gasteiger partial charge in [0.15, 0.2) is 6.29 Å². The second-order valence-electron chi connectivity index (χ2n) is 5.48. The second-order valence-corrected chi connectivity index (χ2v) is 5.48. The number of hydrogen-bond donors (Lipinski definition) is 4. The van der Waals surface area contributed by atoms with Gasteiger partial charge in [-0.2, -0.15) is 0 Å². The summed E-state index contributed by atoms with van der Waals surface area (Å²) in [7, 11) is 1.34. The molecule has 7 heteroatoms. The minimum atomic E-state index is -1.36. The Morgan fingerprint density at radius 3 is 2.45 bits per heavy atom. The van der Waals surface area contributed by atoms with Gasteiger partial charge in [0.1, 0.15) is 24.4 Å². The topological polar surface area (TPSA) is 108 Å². The fraction of sp³-hybridized carbons (Fsp3) is 0.923. The molecule has 1 saturated carbocycles. The minimum Gasteiger partial charge on any atom is -0.388 e. The number of ether oxygens (including phenoxy) is 2. The maximum Gasteiger partial charge on any atom is 0.223 e. The SMILES string of the molecule is CO[C@@H]1OC(CNC(=O)C2CCCC2)[C@H](O)[C@H](O)C1O. The van der Waals surface area contributed by atoms with Crippen LogP contribution in [0.5, 0.6) is 0 Å². The molecule has 5 atom stereocenters. The van der Waals surface area contributed by atoms with E-state index in [0.29, 0.717) is 0 Å². The summed E-state index contributed by atoms with van der Waals surface area (Å²) in [5.74, 6) is -0.0163. The van der Waals surface area contributed by atoms with Gasteiger partial charge < -0.3 is 30.1 Å². The summed E-state index contributed by atoms with van der Waals surface area (Å²) in [6, 6.07) is 0. The van der Waals surface area contributed by atoms with Gasteiger partial charge in [-0.05, 0) is 12.8 Å². The molecule has 1 saturated heterocycles. The Bertz CT molecular complexity index is 331. The lowest BCUT2D eigenvalue weighted by atomic mass is 9.98. The van der Waals surface area contributed by atoms with Crippen molar-refractivity contribution in [2.24, 2.45) is 5.92 Å². The summed E-state index contributed by atoms with van der Waals surface area (Å²) in [6.07, 6.45) is -1.83. The van der Waals surface area contributed by atoms with E-state index in [0.717, 1.165) is 25.7 Å². The van der Waals surface area contributed by atoms with Gasteiger partial charge in [0.2, 0.25) is 5.91 Å². The smallest absolute Gasteiger partial charge is 0.223 e. The number of hydrogen-bond acceptors (Lipinski definition) is 6. The Hall–Kier alpha value is -0.730. The van der Waals surface area contributed by atoms with Crippen LogP contribution < -0.4 is 5.32 Å². The largest absolute Gasteiger partial charge is 0.388 e. The van der Waals surface area contributed by atoms with Crippen LogP contribution in [0.3, 0.4) is 0 Å². The molecule has 0 aromatic heterocycles. The lowest BCUT2D eigenvalue weighted by Crippen LogP contribution is -2.60. The van der Waals surface area contributed by atoms with Crippen molar-refractivity contribution < 1.29 is 29.6 Å². The van der Waals surface area contributed by atoms with Crippen LogP contribution in [0.4, 0.5) is 0 Å². The minimum absolute atomic E-state index is 0.0319. The highest BCUT2D eigenvalue weighted by Crippen LogP contribution is 2.25. The Kier molecular flexibility index (Phi) is 5.34. The lowest BCUT2D eigenvalue weighted by molar-refractivity contribution is -0.288. The van der Waals surface area contributed by atoms with Crippen LogP contribution in [0.2, 0.25) is 0 Å². The van der Waals surface area contributed by atoms with Crippen molar-refractivity contribution in [2.75, 3.05) is 13.7 Å². The quantitative estimate of drug-likeness (QED) is 0.515. The Morgan fingerprint density at radius 2 is 1.85 bits per heavy atom. The zero-order valence-electron chi connectivity index (χ0n) is 11.6. The normalized spacial score (nSPS) is 38.9. The molecule has 0 spiro atoms.